The summed E-state index contributed by atoms with van der Waals surface area (Å²) < 4.78 is 0. The highest BCUT2D eigenvalue weighted by molar-refractivity contribution is 6.02. The maximum absolute atomic E-state index is 12.0. The van der Waals surface area contributed by atoms with Gasteiger partial charge < -0.3 is 5.32 Å². The fraction of sp³-hybridized carbons (Fsp3) is 0. The van der Waals surface area contributed by atoms with Gasteiger partial charge in [0.15, 0.2) is 0 Å². The van der Waals surface area contributed by atoms with Gasteiger partial charge in [0.25, 0.3) is 0 Å². The fourth-order valence-electron chi connectivity index (χ4n) is 2.29. The van der Waals surface area contributed by atoms with Crippen molar-refractivity contribution in [1.82, 2.24) is 0 Å². The highest BCUT2D eigenvalue weighted by Gasteiger charge is 1.99. The molecule has 2 heteroatoms. The molecule has 0 saturated carbocycles. The SMILES string of the molecule is O=C(/C=C/c1ccccc1C#Cc1ccccc1)Nc1ccccc1. The van der Waals surface area contributed by atoms with Crippen molar-refractivity contribution >= 4 is 17.7 Å². The number of carbonyl (C=O) groups excluding carboxylic acids is 1. The molecule has 0 aliphatic heterocycles. The minimum atomic E-state index is -0.169. The minimum Gasteiger partial charge on any atom is -0.323 e. The molecule has 3 aromatic carbocycles. The molecule has 3 aromatic rings. The van der Waals surface area contributed by atoms with Crippen LogP contribution in [0.5, 0.6) is 0 Å². The number of carbonyl (C=O) groups is 1. The zero-order valence-electron chi connectivity index (χ0n) is 13.6. The average molecular weight is 323 g/mol. The van der Waals surface area contributed by atoms with Crippen LogP contribution in [0.25, 0.3) is 6.08 Å². The third-order valence-electron chi connectivity index (χ3n) is 3.53. The predicted molar refractivity (Wildman–Crippen MR) is 103 cm³/mol. The summed E-state index contributed by atoms with van der Waals surface area (Å²) in [6.07, 6.45) is 3.31. The lowest BCUT2D eigenvalue weighted by atomic mass is 10.1. The Bertz CT molecular complexity index is 932. The van der Waals surface area contributed by atoms with E-state index in [1.807, 2.05) is 84.9 Å². The molecule has 0 aliphatic rings. The molecule has 2 nitrogen and oxygen atoms in total. The second-order valence-electron chi connectivity index (χ2n) is 5.39. The van der Waals surface area contributed by atoms with Gasteiger partial charge in [0, 0.05) is 22.9 Å². The van der Waals surface area contributed by atoms with Gasteiger partial charge in [0.1, 0.15) is 0 Å². The van der Waals surface area contributed by atoms with Gasteiger partial charge in [-0.25, -0.2) is 0 Å². The Morgan fingerprint density at radius 3 is 2.16 bits per heavy atom. The summed E-state index contributed by atoms with van der Waals surface area (Å²) >= 11 is 0. The highest BCUT2D eigenvalue weighted by atomic mass is 16.1. The Hall–Kier alpha value is -3.57. The van der Waals surface area contributed by atoms with Gasteiger partial charge >= 0.3 is 0 Å². The van der Waals surface area contributed by atoms with Crippen molar-refractivity contribution in [2.24, 2.45) is 0 Å². The number of hydrogen-bond donors (Lipinski definition) is 1. The molecule has 0 aliphatic carbocycles. The number of benzene rings is 3. The number of rotatable bonds is 3. The largest absolute Gasteiger partial charge is 0.323 e. The smallest absolute Gasteiger partial charge is 0.248 e. The lowest BCUT2D eigenvalue weighted by Gasteiger charge is -2.01. The molecule has 0 aromatic heterocycles. The van der Waals surface area contributed by atoms with Crippen LogP contribution < -0.4 is 5.32 Å². The Morgan fingerprint density at radius 1 is 0.760 bits per heavy atom. The monoisotopic (exact) mass is 323 g/mol. The van der Waals surface area contributed by atoms with Crippen LogP contribution in [0.1, 0.15) is 16.7 Å². The molecule has 0 heterocycles. The zero-order valence-corrected chi connectivity index (χ0v) is 13.6. The summed E-state index contributed by atoms with van der Waals surface area (Å²) in [7, 11) is 0. The number of amides is 1. The molecule has 0 saturated heterocycles. The van der Waals surface area contributed by atoms with Crippen molar-refractivity contribution in [3.63, 3.8) is 0 Å². The first-order chi connectivity index (χ1) is 12.3. The molecule has 1 amide bonds. The number of anilines is 1. The van der Waals surface area contributed by atoms with Gasteiger partial charge in [0.05, 0.1) is 0 Å². The second kappa shape index (κ2) is 8.33. The molecule has 0 unspecified atom stereocenters. The van der Waals surface area contributed by atoms with Crippen LogP contribution in [-0.4, -0.2) is 5.91 Å². The Labute approximate surface area is 147 Å². The van der Waals surface area contributed by atoms with Crippen LogP contribution in [0.2, 0.25) is 0 Å². The molecule has 0 bridgehead atoms. The molecular weight excluding hydrogens is 306 g/mol. The standard InChI is InChI=1S/C23H17NO/c25-23(24-22-13-5-2-6-14-22)18-17-21-12-8-7-11-20(21)16-15-19-9-3-1-4-10-19/h1-14,17-18H,(H,24,25)/b18-17+. The molecule has 0 radical (unpaired) electrons. The van der Waals surface area contributed by atoms with Crippen molar-refractivity contribution in [1.29, 1.82) is 0 Å². The lowest BCUT2D eigenvalue weighted by molar-refractivity contribution is -0.111. The summed E-state index contributed by atoms with van der Waals surface area (Å²) in [4.78, 5) is 12.0. The van der Waals surface area contributed by atoms with Crippen molar-refractivity contribution in [3.8, 4) is 11.8 Å². The molecular formula is C23H17NO. The quantitative estimate of drug-likeness (QED) is 0.547. The van der Waals surface area contributed by atoms with E-state index in [1.54, 1.807) is 6.08 Å². The maximum atomic E-state index is 12.0. The van der Waals surface area contributed by atoms with E-state index >= 15 is 0 Å². The summed E-state index contributed by atoms with van der Waals surface area (Å²) in [5, 5.41) is 2.83. The Morgan fingerprint density at radius 2 is 1.40 bits per heavy atom. The van der Waals surface area contributed by atoms with E-state index in [0.717, 1.165) is 22.4 Å². The van der Waals surface area contributed by atoms with Gasteiger partial charge in [-0.05, 0) is 42.0 Å². The van der Waals surface area contributed by atoms with E-state index in [1.165, 1.54) is 6.08 Å². The van der Waals surface area contributed by atoms with Gasteiger partial charge in [-0.3, -0.25) is 4.79 Å². The molecule has 0 atom stereocenters. The van der Waals surface area contributed by atoms with Crippen LogP contribution >= 0.6 is 0 Å². The first kappa shape index (κ1) is 16.3. The Balaban J connectivity index is 1.75. The maximum Gasteiger partial charge on any atom is 0.248 e. The van der Waals surface area contributed by atoms with E-state index < -0.39 is 0 Å². The first-order valence-electron chi connectivity index (χ1n) is 8.01. The molecule has 25 heavy (non-hydrogen) atoms. The van der Waals surface area contributed by atoms with Gasteiger partial charge in [-0.15, -0.1) is 0 Å². The Kier molecular flexibility index (Phi) is 5.43. The number of hydrogen-bond acceptors (Lipinski definition) is 1. The van der Waals surface area contributed by atoms with E-state index in [-0.39, 0.29) is 5.91 Å². The fourth-order valence-corrected chi connectivity index (χ4v) is 2.29. The van der Waals surface area contributed by atoms with Crippen molar-refractivity contribution < 1.29 is 4.79 Å². The van der Waals surface area contributed by atoms with Crippen LogP contribution in [0.3, 0.4) is 0 Å². The van der Waals surface area contributed by atoms with E-state index in [0.29, 0.717) is 0 Å². The van der Waals surface area contributed by atoms with Crippen molar-refractivity contribution in [3.05, 3.63) is 108 Å². The third-order valence-corrected chi connectivity index (χ3v) is 3.53. The summed E-state index contributed by atoms with van der Waals surface area (Å²) in [5.74, 6) is 6.14. The first-order valence-corrected chi connectivity index (χ1v) is 8.01. The number of para-hydroxylation sites is 1. The highest BCUT2D eigenvalue weighted by Crippen LogP contribution is 2.11. The van der Waals surface area contributed by atoms with Gasteiger partial charge in [-0.2, -0.15) is 0 Å². The van der Waals surface area contributed by atoms with Crippen LogP contribution in [-0.2, 0) is 4.79 Å². The van der Waals surface area contributed by atoms with Gasteiger partial charge in [0.2, 0.25) is 5.91 Å². The van der Waals surface area contributed by atoms with Crippen molar-refractivity contribution in [2.45, 2.75) is 0 Å². The summed E-state index contributed by atoms with van der Waals surface area (Å²) in [5.41, 5.74) is 3.53. The second-order valence-corrected chi connectivity index (χ2v) is 5.39. The van der Waals surface area contributed by atoms with Crippen LogP contribution in [0, 0.1) is 11.8 Å². The average Bonchev–Trinajstić information content (AvgIpc) is 2.67. The summed E-state index contributed by atoms with van der Waals surface area (Å²) in [6.45, 7) is 0. The van der Waals surface area contributed by atoms with Gasteiger partial charge in [-0.1, -0.05) is 66.4 Å². The molecule has 1 N–H and O–H groups in total. The predicted octanol–water partition coefficient (Wildman–Crippen LogP) is 4.74. The van der Waals surface area contributed by atoms with E-state index in [9.17, 15) is 4.79 Å². The van der Waals surface area contributed by atoms with Crippen molar-refractivity contribution in [2.75, 3.05) is 5.32 Å². The summed E-state index contributed by atoms with van der Waals surface area (Å²) in [6, 6.07) is 27.0. The van der Waals surface area contributed by atoms with Crippen LogP contribution in [0.15, 0.2) is 91.0 Å². The zero-order chi connectivity index (χ0) is 17.3. The molecule has 3 rings (SSSR count). The topological polar surface area (TPSA) is 29.1 Å². The van der Waals surface area contributed by atoms with E-state index in [2.05, 4.69) is 17.2 Å². The number of nitrogens with one attached hydrogen (secondary N) is 1. The lowest BCUT2D eigenvalue weighted by Crippen LogP contribution is -2.07. The van der Waals surface area contributed by atoms with E-state index in [4.69, 9.17) is 0 Å². The molecule has 120 valence electrons. The molecule has 0 spiro atoms. The minimum absolute atomic E-state index is 0.169. The third kappa shape index (κ3) is 4.95. The normalized spacial score (nSPS) is 10.1. The molecule has 0 fully saturated rings. The van der Waals surface area contributed by atoms with Crippen LogP contribution in [0.4, 0.5) is 5.69 Å².